The predicted octanol–water partition coefficient (Wildman–Crippen LogP) is 4.83. The number of nitrogens with two attached hydrogens (primary N) is 1. The number of amidine groups is 1. The summed E-state index contributed by atoms with van der Waals surface area (Å²) in [7, 11) is -3.39. The lowest BCUT2D eigenvalue weighted by molar-refractivity contribution is -0.117. The molecule has 182 valence electrons. The van der Waals surface area contributed by atoms with Crippen LogP contribution in [0.4, 0.5) is 11.4 Å². The number of rotatable bonds is 8. The van der Waals surface area contributed by atoms with E-state index in [0.29, 0.717) is 22.5 Å². The van der Waals surface area contributed by atoms with Gasteiger partial charge in [-0.15, -0.1) is 0 Å². The van der Waals surface area contributed by atoms with Crippen LogP contribution < -0.4 is 16.4 Å². The minimum absolute atomic E-state index is 0.0584. The van der Waals surface area contributed by atoms with Gasteiger partial charge in [0.1, 0.15) is 11.9 Å². The highest BCUT2D eigenvalue weighted by atomic mass is 32.2. The predicted molar refractivity (Wildman–Crippen MR) is 144 cm³/mol. The Bertz CT molecular complexity index is 1500. The minimum atomic E-state index is -3.39. The van der Waals surface area contributed by atoms with Gasteiger partial charge in [0.15, 0.2) is 9.84 Å². The molecule has 0 saturated heterocycles. The van der Waals surface area contributed by atoms with Crippen molar-refractivity contribution in [1.29, 1.82) is 5.41 Å². The molecule has 36 heavy (non-hydrogen) atoms. The quantitative estimate of drug-likeness (QED) is 0.204. The highest BCUT2D eigenvalue weighted by molar-refractivity contribution is 7.90. The summed E-state index contributed by atoms with van der Waals surface area (Å²) in [6.45, 7) is 0. The third kappa shape index (κ3) is 5.79. The number of hydrogen-bond acceptors (Lipinski definition) is 5. The van der Waals surface area contributed by atoms with Crippen molar-refractivity contribution in [3.05, 3.63) is 114 Å². The lowest BCUT2D eigenvalue weighted by Gasteiger charge is -2.20. The summed E-state index contributed by atoms with van der Waals surface area (Å²) in [5.74, 6) is -0.337. The highest BCUT2D eigenvalue weighted by Crippen LogP contribution is 2.29. The SMILES string of the molecule is CS(=O)(=O)c1ccccc1-c1ccc(NC(=O)[C@H](Nc2cccc(C(=N)N)c2)c2ccccc2)cc1. The Hall–Kier alpha value is -4.43. The lowest BCUT2D eigenvalue weighted by atomic mass is 10.0. The van der Waals surface area contributed by atoms with E-state index in [4.69, 9.17) is 11.1 Å². The Morgan fingerprint density at radius 2 is 1.50 bits per heavy atom. The normalized spacial score (nSPS) is 11.9. The van der Waals surface area contributed by atoms with E-state index in [1.807, 2.05) is 36.4 Å². The maximum absolute atomic E-state index is 13.4. The number of carbonyl (C=O) groups is 1. The highest BCUT2D eigenvalue weighted by Gasteiger charge is 2.21. The summed E-state index contributed by atoms with van der Waals surface area (Å²) in [4.78, 5) is 13.6. The first-order chi connectivity index (χ1) is 17.2. The molecule has 4 aromatic carbocycles. The van der Waals surface area contributed by atoms with Gasteiger partial charge in [-0.3, -0.25) is 10.2 Å². The fourth-order valence-electron chi connectivity index (χ4n) is 3.86. The minimum Gasteiger partial charge on any atom is -0.384 e. The van der Waals surface area contributed by atoms with E-state index in [1.165, 1.54) is 6.26 Å². The van der Waals surface area contributed by atoms with Crippen molar-refractivity contribution in [1.82, 2.24) is 0 Å². The first kappa shape index (κ1) is 24.7. The largest absolute Gasteiger partial charge is 0.384 e. The number of benzene rings is 4. The van der Waals surface area contributed by atoms with Gasteiger partial charge in [0.25, 0.3) is 5.91 Å². The molecule has 4 rings (SSSR count). The van der Waals surface area contributed by atoms with Crippen LogP contribution in [0.15, 0.2) is 108 Å². The molecule has 1 atom stereocenters. The summed E-state index contributed by atoms with van der Waals surface area (Å²) < 4.78 is 24.3. The molecule has 0 unspecified atom stereocenters. The maximum Gasteiger partial charge on any atom is 0.251 e. The maximum atomic E-state index is 13.4. The fourth-order valence-corrected chi connectivity index (χ4v) is 4.78. The van der Waals surface area contributed by atoms with Crippen molar-refractivity contribution in [2.45, 2.75) is 10.9 Å². The molecule has 1 amide bonds. The number of amides is 1. The van der Waals surface area contributed by atoms with Crippen LogP contribution in [0.3, 0.4) is 0 Å². The zero-order valence-corrected chi connectivity index (χ0v) is 20.4. The number of hydrogen-bond donors (Lipinski definition) is 4. The van der Waals surface area contributed by atoms with E-state index >= 15 is 0 Å². The molecular formula is C28H26N4O3S. The molecule has 0 aliphatic carbocycles. The molecule has 0 saturated carbocycles. The second-order valence-corrected chi connectivity index (χ2v) is 10.3. The average Bonchev–Trinajstić information content (AvgIpc) is 2.88. The monoisotopic (exact) mass is 498 g/mol. The van der Waals surface area contributed by atoms with Crippen LogP contribution in [0, 0.1) is 5.41 Å². The zero-order chi connectivity index (χ0) is 25.7. The number of nitrogen functional groups attached to an aromatic ring is 1. The van der Waals surface area contributed by atoms with Gasteiger partial charge >= 0.3 is 0 Å². The molecular weight excluding hydrogens is 472 g/mol. The van der Waals surface area contributed by atoms with Gasteiger partial charge in [-0.05, 0) is 41.5 Å². The Kier molecular flexibility index (Phi) is 7.17. The van der Waals surface area contributed by atoms with Crippen molar-refractivity contribution >= 4 is 33.0 Å². The molecule has 7 nitrogen and oxygen atoms in total. The lowest BCUT2D eigenvalue weighted by Crippen LogP contribution is -2.27. The second kappa shape index (κ2) is 10.5. The molecule has 0 heterocycles. The van der Waals surface area contributed by atoms with Gasteiger partial charge in [0.05, 0.1) is 4.90 Å². The molecule has 0 aliphatic rings. The molecule has 5 N–H and O–H groups in total. The molecule has 8 heteroatoms. The van der Waals surface area contributed by atoms with Gasteiger partial charge in [-0.25, -0.2) is 8.42 Å². The van der Waals surface area contributed by atoms with Crippen LogP contribution in [-0.4, -0.2) is 26.4 Å². The van der Waals surface area contributed by atoms with Crippen molar-refractivity contribution in [3.8, 4) is 11.1 Å². The summed E-state index contributed by atoms with van der Waals surface area (Å²) in [6.07, 6.45) is 1.18. The van der Waals surface area contributed by atoms with Crippen LogP contribution in [-0.2, 0) is 14.6 Å². The Morgan fingerprint density at radius 3 is 2.17 bits per heavy atom. The molecule has 0 radical (unpaired) electrons. The third-order valence-corrected chi connectivity index (χ3v) is 6.78. The van der Waals surface area contributed by atoms with Gasteiger partial charge in [-0.1, -0.05) is 72.8 Å². The van der Waals surface area contributed by atoms with Crippen LogP contribution >= 0.6 is 0 Å². The summed E-state index contributed by atoms with van der Waals surface area (Å²) >= 11 is 0. The van der Waals surface area contributed by atoms with Crippen LogP contribution in [0.1, 0.15) is 17.2 Å². The Labute approximate surface area is 210 Å². The number of sulfone groups is 1. The summed E-state index contributed by atoms with van der Waals surface area (Å²) in [6, 6.07) is 29.5. The number of anilines is 2. The van der Waals surface area contributed by atoms with E-state index in [-0.39, 0.29) is 16.6 Å². The van der Waals surface area contributed by atoms with E-state index in [0.717, 1.165) is 11.1 Å². The van der Waals surface area contributed by atoms with Gasteiger partial charge in [-0.2, -0.15) is 0 Å². The Morgan fingerprint density at radius 1 is 0.833 bits per heavy atom. The number of nitrogens with one attached hydrogen (secondary N) is 3. The summed E-state index contributed by atoms with van der Waals surface area (Å²) in [5, 5.41) is 13.9. The molecule has 0 spiro atoms. The number of carbonyl (C=O) groups excluding carboxylic acids is 1. The fraction of sp³-hybridized carbons (Fsp3) is 0.0714. The van der Waals surface area contributed by atoms with Crippen molar-refractivity contribution in [3.63, 3.8) is 0 Å². The molecule has 0 aliphatic heterocycles. The van der Waals surface area contributed by atoms with Crippen molar-refractivity contribution < 1.29 is 13.2 Å². The molecule has 0 aromatic heterocycles. The van der Waals surface area contributed by atoms with Crippen LogP contribution in [0.5, 0.6) is 0 Å². The van der Waals surface area contributed by atoms with E-state index in [9.17, 15) is 13.2 Å². The average molecular weight is 499 g/mol. The molecule has 4 aromatic rings. The second-order valence-electron chi connectivity index (χ2n) is 8.32. The Balaban J connectivity index is 1.59. The van der Waals surface area contributed by atoms with E-state index in [1.54, 1.807) is 66.7 Å². The van der Waals surface area contributed by atoms with E-state index < -0.39 is 15.9 Å². The zero-order valence-electron chi connectivity index (χ0n) is 19.6. The van der Waals surface area contributed by atoms with Gasteiger partial charge < -0.3 is 16.4 Å². The topological polar surface area (TPSA) is 125 Å². The van der Waals surface area contributed by atoms with Gasteiger partial charge in [0.2, 0.25) is 0 Å². The first-order valence-corrected chi connectivity index (χ1v) is 13.1. The van der Waals surface area contributed by atoms with Crippen molar-refractivity contribution in [2.24, 2.45) is 5.73 Å². The standard InChI is InChI=1S/C28H26N4O3S/c1-36(34,35)25-13-6-5-12-24(25)19-14-16-22(17-15-19)32-28(33)26(20-8-3-2-4-9-20)31-23-11-7-10-21(18-23)27(29)30/h2-18,26,31H,1H3,(H3,29,30)(H,32,33)/t26-/m1/s1. The molecule has 0 bridgehead atoms. The van der Waals surface area contributed by atoms with Crippen LogP contribution in [0.2, 0.25) is 0 Å². The van der Waals surface area contributed by atoms with Crippen molar-refractivity contribution in [2.75, 3.05) is 16.9 Å². The van der Waals surface area contributed by atoms with E-state index in [2.05, 4.69) is 10.6 Å². The third-order valence-electron chi connectivity index (χ3n) is 5.63. The van der Waals surface area contributed by atoms with Gasteiger partial charge in [0, 0.05) is 28.8 Å². The van der Waals surface area contributed by atoms with Crippen LogP contribution in [0.25, 0.3) is 11.1 Å². The first-order valence-electron chi connectivity index (χ1n) is 11.2. The summed E-state index contributed by atoms with van der Waals surface area (Å²) in [5.41, 5.74) is 9.49. The smallest absolute Gasteiger partial charge is 0.251 e. The molecule has 0 fully saturated rings.